The average molecular weight is 293 g/mol. The van der Waals surface area contributed by atoms with Crippen molar-refractivity contribution in [3.63, 3.8) is 0 Å². The Morgan fingerprint density at radius 3 is 2.64 bits per heavy atom. The second kappa shape index (κ2) is 6.02. The summed E-state index contributed by atoms with van der Waals surface area (Å²) in [6, 6.07) is 15.7. The summed E-state index contributed by atoms with van der Waals surface area (Å²) in [7, 11) is 0. The van der Waals surface area contributed by atoms with E-state index in [1.165, 1.54) is 5.56 Å². The molecule has 2 aromatic carbocycles. The zero-order valence-electron chi connectivity index (χ0n) is 12.8. The fourth-order valence-electron chi connectivity index (χ4n) is 2.43. The van der Waals surface area contributed by atoms with E-state index in [4.69, 9.17) is 0 Å². The highest BCUT2D eigenvalue weighted by Crippen LogP contribution is 2.15. The minimum Gasteiger partial charge on any atom is -0.346 e. The molecule has 4 heteroatoms. The number of H-pyrrole nitrogens is 1. The zero-order valence-corrected chi connectivity index (χ0v) is 12.8. The molecule has 0 bridgehead atoms. The van der Waals surface area contributed by atoms with Crippen molar-refractivity contribution in [1.29, 1.82) is 0 Å². The molecule has 0 saturated heterocycles. The number of hydrogen-bond donors (Lipinski definition) is 2. The number of nitrogens with zero attached hydrogens (tertiary/aromatic N) is 1. The molecule has 1 aromatic heterocycles. The van der Waals surface area contributed by atoms with Crippen molar-refractivity contribution in [2.45, 2.75) is 26.3 Å². The quantitative estimate of drug-likeness (QED) is 0.775. The van der Waals surface area contributed by atoms with E-state index in [2.05, 4.69) is 15.3 Å². The number of hydrogen-bond acceptors (Lipinski definition) is 2. The Labute approximate surface area is 129 Å². The molecule has 0 aliphatic rings. The fraction of sp³-hybridized carbons (Fsp3) is 0.222. The number of carbonyl (C=O) groups excluding carboxylic acids is 1. The Hall–Kier alpha value is -2.62. The molecule has 0 aliphatic carbocycles. The molecule has 3 rings (SSSR count). The Morgan fingerprint density at radius 1 is 1.18 bits per heavy atom. The molecule has 0 saturated carbocycles. The van der Waals surface area contributed by atoms with Crippen LogP contribution in [0.3, 0.4) is 0 Å². The van der Waals surface area contributed by atoms with Gasteiger partial charge in [0.25, 0.3) is 0 Å². The normalized spacial score (nSPS) is 12.3. The number of imidazole rings is 1. The van der Waals surface area contributed by atoms with Crippen LogP contribution in [0.1, 0.15) is 29.9 Å². The molecule has 3 aromatic rings. The van der Waals surface area contributed by atoms with Gasteiger partial charge in [-0.15, -0.1) is 0 Å². The van der Waals surface area contributed by atoms with Crippen molar-refractivity contribution in [3.05, 3.63) is 65.5 Å². The predicted molar refractivity (Wildman–Crippen MR) is 87.5 cm³/mol. The molecule has 1 amide bonds. The van der Waals surface area contributed by atoms with Crippen molar-refractivity contribution in [2.75, 3.05) is 0 Å². The van der Waals surface area contributed by atoms with E-state index in [1.54, 1.807) is 0 Å². The first-order chi connectivity index (χ1) is 10.6. The number of carbonyl (C=O) groups is 1. The highest BCUT2D eigenvalue weighted by atomic mass is 16.1. The van der Waals surface area contributed by atoms with Crippen molar-refractivity contribution in [3.8, 4) is 0 Å². The molecule has 0 fully saturated rings. The van der Waals surface area contributed by atoms with Crippen LogP contribution in [0.5, 0.6) is 0 Å². The smallest absolute Gasteiger partial charge is 0.224 e. The third kappa shape index (κ3) is 3.17. The molecule has 2 N–H and O–H groups in total. The molecule has 0 aliphatic heterocycles. The van der Waals surface area contributed by atoms with E-state index in [0.717, 1.165) is 22.4 Å². The molecule has 0 radical (unpaired) electrons. The van der Waals surface area contributed by atoms with Crippen molar-refractivity contribution < 1.29 is 4.79 Å². The van der Waals surface area contributed by atoms with Crippen molar-refractivity contribution in [1.82, 2.24) is 15.3 Å². The van der Waals surface area contributed by atoms with E-state index < -0.39 is 0 Å². The van der Waals surface area contributed by atoms with Gasteiger partial charge in [0, 0.05) is 0 Å². The topological polar surface area (TPSA) is 57.8 Å². The molecule has 112 valence electrons. The van der Waals surface area contributed by atoms with Gasteiger partial charge in [0.15, 0.2) is 0 Å². The number of benzene rings is 2. The Morgan fingerprint density at radius 2 is 1.91 bits per heavy atom. The van der Waals surface area contributed by atoms with Gasteiger partial charge in [0.1, 0.15) is 5.82 Å². The predicted octanol–water partition coefficient (Wildman–Crippen LogP) is 3.29. The standard InChI is InChI=1S/C18H19N3O/c1-12-7-9-14(10-8-12)11-17(22)19-13(2)18-20-15-5-3-4-6-16(15)21-18/h3-10,13H,11H2,1-2H3,(H,19,22)(H,20,21). The summed E-state index contributed by atoms with van der Waals surface area (Å²) < 4.78 is 0. The minimum absolute atomic E-state index is 0.00295. The number of para-hydroxylation sites is 2. The van der Waals surface area contributed by atoms with Gasteiger partial charge in [-0.1, -0.05) is 42.0 Å². The van der Waals surface area contributed by atoms with Gasteiger partial charge in [-0.25, -0.2) is 4.98 Å². The summed E-state index contributed by atoms with van der Waals surface area (Å²) in [6.07, 6.45) is 0.380. The first-order valence-corrected chi connectivity index (χ1v) is 7.41. The lowest BCUT2D eigenvalue weighted by molar-refractivity contribution is -0.121. The minimum atomic E-state index is -0.148. The lowest BCUT2D eigenvalue weighted by Crippen LogP contribution is -2.28. The monoisotopic (exact) mass is 293 g/mol. The van der Waals surface area contributed by atoms with Crippen molar-refractivity contribution >= 4 is 16.9 Å². The van der Waals surface area contributed by atoms with Gasteiger partial charge in [-0.2, -0.15) is 0 Å². The summed E-state index contributed by atoms with van der Waals surface area (Å²) >= 11 is 0. The lowest BCUT2D eigenvalue weighted by atomic mass is 10.1. The number of rotatable bonds is 4. The first-order valence-electron chi connectivity index (χ1n) is 7.41. The lowest BCUT2D eigenvalue weighted by Gasteiger charge is -2.11. The second-order valence-corrected chi connectivity index (χ2v) is 5.59. The van der Waals surface area contributed by atoms with E-state index >= 15 is 0 Å². The third-order valence-corrected chi connectivity index (χ3v) is 3.68. The first kappa shape index (κ1) is 14.3. The van der Waals surface area contributed by atoms with E-state index in [1.807, 2.05) is 62.4 Å². The van der Waals surface area contributed by atoms with E-state index in [9.17, 15) is 4.79 Å². The summed E-state index contributed by atoms with van der Waals surface area (Å²) in [5.41, 5.74) is 4.11. The van der Waals surface area contributed by atoms with Crippen LogP contribution in [0.2, 0.25) is 0 Å². The van der Waals surface area contributed by atoms with Gasteiger partial charge < -0.3 is 10.3 Å². The average Bonchev–Trinajstić information content (AvgIpc) is 2.93. The van der Waals surface area contributed by atoms with Crippen LogP contribution in [0.4, 0.5) is 0 Å². The number of aromatic nitrogens is 2. The Kier molecular flexibility index (Phi) is 3.92. The zero-order chi connectivity index (χ0) is 15.5. The van der Waals surface area contributed by atoms with Crippen LogP contribution < -0.4 is 5.32 Å². The number of aryl methyl sites for hydroxylation is 1. The Bertz CT molecular complexity index is 756. The molecular weight excluding hydrogens is 274 g/mol. The highest BCUT2D eigenvalue weighted by molar-refractivity contribution is 5.79. The second-order valence-electron chi connectivity index (χ2n) is 5.59. The van der Waals surface area contributed by atoms with E-state index in [0.29, 0.717) is 6.42 Å². The number of amides is 1. The summed E-state index contributed by atoms with van der Waals surface area (Å²) in [5.74, 6) is 0.773. The van der Waals surface area contributed by atoms with Crippen LogP contribution in [-0.2, 0) is 11.2 Å². The van der Waals surface area contributed by atoms with Crippen LogP contribution in [0.25, 0.3) is 11.0 Å². The summed E-state index contributed by atoms with van der Waals surface area (Å²) in [4.78, 5) is 19.9. The number of aromatic amines is 1. The third-order valence-electron chi connectivity index (χ3n) is 3.68. The molecule has 1 heterocycles. The molecule has 4 nitrogen and oxygen atoms in total. The maximum Gasteiger partial charge on any atom is 0.224 e. The van der Waals surface area contributed by atoms with Gasteiger partial charge in [0.05, 0.1) is 23.5 Å². The van der Waals surface area contributed by atoms with Crippen LogP contribution >= 0.6 is 0 Å². The summed E-state index contributed by atoms with van der Waals surface area (Å²) in [6.45, 7) is 3.97. The molecule has 0 spiro atoms. The fourth-order valence-corrected chi connectivity index (χ4v) is 2.43. The van der Waals surface area contributed by atoms with Crippen molar-refractivity contribution in [2.24, 2.45) is 0 Å². The summed E-state index contributed by atoms with van der Waals surface area (Å²) in [5, 5.41) is 2.99. The molecule has 1 unspecified atom stereocenters. The number of nitrogens with one attached hydrogen (secondary N) is 2. The van der Waals surface area contributed by atoms with Crippen LogP contribution in [0.15, 0.2) is 48.5 Å². The van der Waals surface area contributed by atoms with E-state index in [-0.39, 0.29) is 11.9 Å². The SMILES string of the molecule is Cc1ccc(CC(=O)NC(C)c2nc3ccccc3[nH]2)cc1. The molecule has 1 atom stereocenters. The highest BCUT2D eigenvalue weighted by Gasteiger charge is 2.13. The van der Waals surface area contributed by atoms with Gasteiger partial charge in [0.2, 0.25) is 5.91 Å². The van der Waals surface area contributed by atoms with Gasteiger partial charge >= 0.3 is 0 Å². The molecule has 22 heavy (non-hydrogen) atoms. The van der Waals surface area contributed by atoms with Gasteiger partial charge in [-0.3, -0.25) is 4.79 Å². The van der Waals surface area contributed by atoms with Gasteiger partial charge in [-0.05, 0) is 31.5 Å². The maximum atomic E-state index is 12.1. The molecular formula is C18H19N3O. The number of fused-ring (bicyclic) bond motifs is 1. The maximum absolute atomic E-state index is 12.1. The largest absolute Gasteiger partial charge is 0.346 e. The Balaban J connectivity index is 1.66. The van der Waals surface area contributed by atoms with Crippen LogP contribution in [0, 0.1) is 6.92 Å². The van der Waals surface area contributed by atoms with Crippen LogP contribution in [-0.4, -0.2) is 15.9 Å².